The van der Waals surface area contributed by atoms with Gasteiger partial charge in [0.2, 0.25) is 0 Å². The SMILES string of the molecule is C/C=C(\C=C(/C(=N)CC)C(C)(C)O)C(/CCC)=C(/c1cc(C2CCN(Cc3ncccn3)CC2)ccc1C)C(C)C. The van der Waals surface area contributed by atoms with E-state index in [2.05, 4.69) is 79.8 Å². The van der Waals surface area contributed by atoms with Crippen molar-refractivity contribution in [2.75, 3.05) is 13.1 Å². The number of hydrogen-bond acceptors (Lipinski definition) is 5. The van der Waals surface area contributed by atoms with E-state index in [0.29, 0.717) is 29.5 Å². The summed E-state index contributed by atoms with van der Waals surface area (Å²) in [6.45, 7) is 19.6. The van der Waals surface area contributed by atoms with Gasteiger partial charge in [0.25, 0.3) is 0 Å². The average molecular weight is 557 g/mol. The molecule has 1 aliphatic heterocycles. The topological polar surface area (TPSA) is 73.1 Å². The number of aromatic nitrogens is 2. The van der Waals surface area contributed by atoms with Crippen molar-refractivity contribution in [1.82, 2.24) is 14.9 Å². The number of nitrogens with zero attached hydrogens (tertiary/aromatic N) is 3. The molecule has 1 aromatic carbocycles. The molecule has 222 valence electrons. The lowest BCUT2D eigenvalue weighted by Gasteiger charge is -2.32. The van der Waals surface area contributed by atoms with Crippen LogP contribution in [-0.4, -0.2) is 44.4 Å². The molecule has 0 spiro atoms. The number of nitrogens with one attached hydrogen (secondary N) is 1. The lowest BCUT2D eigenvalue weighted by Crippen LogP contribution is -2.33. The van der Waals surface area contributed by atoms with E-state index in [-0.39, 0.29) is 0 Å². The Hall–Kier alpha value is -2.89. The number of allylic oxidation sites excluding steroid dienone is 5. The van der Waals surface area contributed by atoms with E-state index in [9.17, 15) is 5.11 Å². The number of aliphatic hydroxyl groups is 1. The molecular weight excluding hydrogens is 504 g/mol. The Morgan fingerprint density at radius 3 is 2.34 bits per heavy atom. The van der Waals surface area contributed by atoms with Gasteiger partial charge in [0.1, 0.15) is 5.82 Å². The third-order valence-electron chi connectivity index (χ3n) is 8.29. The molecule has 1 fully saturated rings. The van der Waals surface area contributed by atoms with Crippen molar-refractivity contribution >= 4 is 11.3 Å². The van der Waals surface area contributed by atoms with Crippen LogP contribution in [-0.2, 0) is 6.54 Å². The molecule has 0 bridgehead atoms. The highest BCUT2D eigenvalue weighted by Gasteiger charge is 2.26. The fraction of sp³-hybridized carbons (Fsp3) is 0.528. The minimum absolute atomic E-state index is 0.331. The summed E-state index contributed by atoms with van der Waals surface area (Å²) in [5, 5.41) is 19.6. The predicted molar refractivity (Wildman–Crippen MR) is 173 cm³/mol. The van der Waals surface area contributed by atoms with Gasteiger partial charge in [0.05, 0.1) is 12.1 Å². The minimum atomic E-state index is -1.08. The van der Waals surface area contributed by atoms with Gasteiger partial charge in [0, 0.05) is 23.7 Å². The number of hydrogen-bond donors (Lipinski definition) is 2. The summed E-state index contributed by atoms with van der Waals surface area (Å²) in [4.78, 5) is 11.3. The molecule has 0 aliphatic carbocycles. The maximum atomic E-state index is 11.0. The first-order chi connectivity index (χ1) is 19.5. The number of likely N-dealkylation sites (tertiary alicyclic amines) is 1. The maximum Gasteiger partial charge on any atom is 0.142 e. The third kappa shape index (κ3) is 8.56. The monoisotopic (exact) mass is 556 g/mol. The molecule has 1 aliphatic rings. The van der Waals surface area contributed by atoms with Gasteiger partial charge in [-0.2, -0.15) is 0 Å². The number of aryl methyl sites for hydroxylation is 1. The molecule has 0 unspecified atom stereocenters. The standard InChI is InChI=1S/C36H52N4O/c1-9-13-30(27(10-2)23-32(33(37)11-3)36(7,8)41)35(25(4)5)31-22-29(15-14-26(31)6)28-16-20-40(21-17-28)24-34-38-18-12-19-39-34/h10,12,14-15,18-19,22-23,25,28,37,41H,9,11,13,16-17,20-21,24H2,1-8H3/b27-10+,32-23+,35-30+,37-33?. The molecule has 0 amide bonds. The van der Waals surface area contributed by atoms with E-state index in [0.717, 1.165) is 56.7 Å². The van der Waals surface area contributed by atoms with E-state index < -0.39 is 5.60 Å². The minimum Gasteiger partial charge on any atom is -0.386 e. The second kappa shape index (κ2) is 14.8. The molecule has 1 aromatic heterocycles. The Morgan fingerprint density at radius 1 is 1.15 bits per heavy atom. The van der Waals surface area contributed by atoms with Gasteiger partial charge < -0.3 is 10.5 Å². The van der Waals surface area contributed by atoms with Crippen LogP contribution in [0.2, 0.25) is 0 Å². The molecule has 0 atom stereocenters. The van der Waals surface area contributed by atoms with Crippen molar-refractivity contribution in [2.24, 2.45) is 5.92 Å². The molecule has 2 heterocycles. The predicted octanol–water partition coefficient (Wildman–Crippen LogP) is 8.45. The number of rotatable bonds is 12. The van der Waals surface area contributed by atoms with Crippen LogP contribution in [0.4, 0.5) is 0 Å². The molecule has 2 aromatic rings. The quantitative estimate of drug-likeness (QED) is 0.203. The Morgan fingerprint density at radius 2 is 1.80 bits per heavy atom. The van der Waals surface area contributed by atoms with Gasteiger partial charge in [-0.1, -0.05) is 58.4 Å². The normalized spacial score (nSPS) is 16.7. The maximum absolute atomic E-state index is 11.0. The molecule has 5 nitrogen and oxygen atoms in total. The second-order valence-electron chi connectivity index (χ2n) is 12.3. The van der Waals surface area contributed by atoms with E-state index in [1.165, 1.54) is 27.8 Å². The van der Waals surface area contributed by atoms with Crippen LogP contribution in [0.1, 0.15) is 109 Å². The zero-order valence-electron chi connectivity index (χ0n) is 26.7. The molecule has 0 radical (unpaired) electrons. The van der Waals surface area contributed by atoms with Gasteiger partial charge in [-0.3, -0.25) is 4.90 Å². The summed E-state index contributed by atoms with van der Waals surface area (Å²) in [5.41, 5.74) is 8.00. The highest BCUT2D eigenvalue weighted by atomic mass is 16.3. The van der Waals surface area contributed by atoms with Crippen LogP contribution in [0, 0.1) is 18.3 Å². The van der Waals surface area contributed by atoms with Crippen molar-refractivity contribution in [3.8, 4) is 0 Å². The molecule has 41 heavy (non-hydrogen) atoms. The van der Waals surface area contributed by atoms with E-state index in [1.807, 2.05) is 25.4 Å². The average Bonchev–Trinajstić information content (AvgIpc) is 2.94. The Bertz CT molecular complexity index is 1260. The summed E-state index contributed by atoms with van der Waals surface area (Å²) in [6.07, 6.45) is 12.7. The molecule has 3 rings (SSSR count). The Balaban J connectivity index is 2.00. The lowest BCUT2D eigenvalue weighted by molar-refractivity contribution is 0.126. The van der Waals surface area contributed by atoms with Crippen LogP contribution in [0.15, 0.2) is 65.5 Å². The van der Waals surface area contributed by atoms with Crippen molar-refractivity contribution in [3.05, 3.63) is 88.0 Å². The molecule has 5 heteroatoms. The molecule has 1 saturated heterocycles. The first kappa shape index (κ1) is 32.6. The van der Waals surface area contributed by atoms with Crippen LogP contribution in [0.5, 0.6) is 0 Å². The van der Waals surface area contributed by atoms with Gasteiger partial charge in [-0.05, 0) is 124 Å². The number of benzene rings is 1. The first-order valence-electron chi connectivity index (χ1n) is 15.5. The molecule has 0 saturated carbocycles. The molecule has 2 N–H and O–H groups in total. The van der Waals surface area contributed by atoms with E-state index in [1.54, 1.807) is 13.8 Å². The van der Waals surface area contributed by atoms with Crippen LogP contribution < -0.4 is 0 Å². The van der Waals surface area contributed by atoms with E-state index in [4.69, 9.17) is 5.41 Å². The van der Waals surface area contributed by atoms with E-state index >= 15 is 0 Å². The zero-order chi connectivity index (χ0) is 30.2. The van der Waals surface area contributed by atoms with Crippen molar-refractivity contribution in [1.29, 1.82) is 5.41 Å². The van der Waals surface area contributed by atoms with Gasteiger partial charge in [-0.25, -0.2) is 9.97 Å². The lowest BCUT2D eigenvalue weighted by atomic mass is 9.80. The smallest absolute Gasteiger partial charge is 0.142 e. The first-order valence-corrected chi connectivity index (χ1v) is 15.5. The summed E-state index contributed by atoms with van der Waals surface area (Å²) in [5.74, 6) is 1.77. The van der Waals surface area contributed by atoms with Crippen LogP contribution >= 0.6 is 0 Å². The zero-order valence-corrected chi connectivity index (χ0v) is 26.7. The van der Waals surface area contributed by atoms with Gasteiger partial charge >= 0.3 is 0 Å². The Labute approximate surface area is 249 Å². The van der Waals surface area contributed by atoms with Crippen LogP contribution in [0.3, 0.4) is 0 Å². The van der Waals surface area contributed by atoms with Crippen molar-refractivity contribution in [3.63, 3.8) is 0 Å². The van der Waals surface area contributed by atoms with Crippen LogP contribution in [0.25, 0.3) is 5.57 Å². The summed E-state index contributed by atoms with van der Waals surface area (Å²) in [7, 11) is 0. The molecular formula is C36H52N4O. The summed E-state index contributed by atoms with van der Waals surface area (Å²) in [6, 6.07) is 8.97. The van der Waals surface area contributed by atoms with Crippen molar-refractivity contribution in [2.45, 2.75) is 106 Å². The fourth-order valence-electron chi connectivity index (χ4n) is 6.05. The Kier molecular flexibility index (Phi) is 11.8. The fourth-order valence-corrected chi connectivity index (χ4v) is 6.05. The highest BCUT2D eigenvalue weighted by molar-refractivity contribution is 6.00. The summed E-state index contributed by atoms with van der Waals surface area (Å²) >= 11 is 0. The van der Waals surface area contributed by atoms with Crippen molar-refractivity contribution < 1.29 is 5.11 Å². The third-order valence-corrected chi connectivity index (χ3v) is 8.29. The highest BCUT2D eigenvalue weighted by Crippen LogP contribution is 2.39. The number of piperidine rings is 1. The largest absolute Gasteiger partial charge is 0.386 e. The van der Waals surface area contributed by atoms with Gasteiger partial charge in [0.15, 0.2) is 0 Å². The second-order valence-corrected chi connectivity index (χ2v) is 12.3. The summed E-state index contributed by atoms with van der Waals surface area (Å²) < 4.78 is 0. The van der Waals surface area contributed by atoms with Gasteiger partial charge in [-0.15, -0.1) is 0 Å².